The molecule has 0 saturated carbocycles. The van der Waals surface area contributed by atoms with Crippen molar-refractivity contribution in [3.05, 3.63) is 12.7 Å². The lowest BCUT2D eigenvalue weighted by Gasteiger charge is -1.98. The average Bonchev–Trinajstić information content (AvgIpc) is 1.91. The molecule has 0 N–H and O–H groups in total. The molecule has 52 valence electrons. The molecule has 3 heteroatoms. The van der Waals surface area contributed by atoms with Crippen molar-refractivity contribution in [2.75, 3.05) is 7.11 Å². The molecule has 0 atom stereocenters. The minimum Gasteiger partial charge on any atom is -0.484 e. The summed E-state index contributed by atoms with van der Waals surface area (Å²) in [6.45, 7) is 3.58. The fraction of sp³-hybridized carbons (Fsp3) is 0.500. The molecule has 0 saturated heterocycles. The van der Waals surface area contributed by atoms with Gasteiger partial charge in [0.1, 0.15) is 0 Å². The van der Waals surface area contributed by atoms with Crippen LogP contribution >= 0.6 is 16.1 Å². The average molecular weight is 192 g/mol. The Morgan fingerprint density at radius 2 is 2.56 bits per heavy atom. The van der Waals surface area contributed by atoms with Crippen molar-refractivity contribution in [1.82, 2.24) is 0 Å². The standard InChI is InChI=1S/C6H10BrNO/c1-3-4-5-6(8-7)9-2/h3H,1,4-5H2,2H3/b8-6-. The molecule has 0 aliphatic heterocycles. The van der Waals surface area contributed by atoms with Crippen LogP contribution in [0.5, 0.6) is 0 Å². The zero-order chi connectivity index (χ0) is 7.11. The SMILES string of the molecule is C=CCC/C(=N/Br)OC. The zero-order valence-electron chi connectivity index (χ0n) is 5.43. The number of nitrogens with zero attached hydrogens (tertiary/aromatic N) is 1. The van der Waals surface area contributed by atoms with Crippen molar-refractivity contribution in [2.24, 2.45) is 4.02 Å². The molecule has 0 heterocycles. The summed E-state index contributed by atoms with van der Waals surface area (Å²) in [6, 6.07) is 0. The molecule has 0 aromatic carbocycles. The van der Waals surface area contributed by atoms with Crippen LogP contribution in [0.4, 0.5) is 0 Å². The van der Waals surface area contributed by atoms with Crippen molar-refractivity contribution in [3.8, 4) is 0 Å². The van der Waals surface area contributed by atoms with E-state index in [0.717, 1.165) is 12.8 Å². The highest BCUT2D eigenvalue weighted by atomic mass is 79.9. The summed E-state index contributed by atoms with van der Waals surface area (Å²) < 4.78 is 8.56. The number of hydrogen-bond acceptors (Lipinski definition) is 2. The zero-order valence-corrected chi connectivity index (χ0v) is 7.02. The molecule has 9 heavy (non-hydrogen) atoms. The summed E-state index contributed by atoms with van der Waals surface area (Å²) in [6.07, 6.45) is 3.54. The number of ether oxygens (including phenoxy) is 1. The molecule has 0 bridgehead atoms. The molecule has 0 unspecified atom stereocenters. The van der Waals surface area contributed by atoms with Crippen LogP contribution < -0.4 is 0 Å². The molecule has 0 aliphatic carbocycles. The van der Waals surface area contributed by atoms with Crippen LogP contribution in [0, 0.1) is 0 Å². The van der Waals surface area contributed by atoms with Crippen LogP contribution in [0.3, 0.4) is 0 Å². The Hall–Kier alpha value is -0.310. The van der Waals surface area contributed by atoms with Crippen molar-refractivity contribution in [3.63, 3.8) is 0 Å². The second-order valence-electron chi connectivity index (χ2n) is 1.51. The first kappa shape index (κ1) is 8.69. The smallest absolute Gasteiger partial charge is 0.195 e. The van der Waals surface area contributed by atoms with Crippen molar-refractivity contribution in [1.29, 1.82) is 0 Å². The molecule has 0 aromatic rings. The highest BCUT2D eigenvalue weighted by Gasteiger charge is 1.92. The molecule has 2 nitrogen and oxygen atoms in total. The maximum atomic E-state index is 4.86. The first-order valence-electron chi connectivity index (χ1n) is 2.68. The minimum absolute atomic E-state index is 0.704. The van der Waals surface area contributed by atoms with Gasteiger partial charge >= 0.3 is 0 Å². The highest BCUT2D eigenvalue weighted by Crippen LogP contribution is 1.97. The molecule has 0 spiro atoms. The van der Waals surface area contributed by atoms with Gasteiger partial charge in [0.05, 0.1) is 23.3 Å². The van der Waals surface area contributed by atoms with E-state index in [0.29, 0.717) is 5.90 Å². The number of rotatable bonds is 3. The summed E-state index contributed by atoms with van der Waals surface area (Å²) >= 11 is 2.93. The van der Waals surface area contributed by atoms with Crippen LogP contribution in [0.25, 0.3) is 0 Å². The Bertz CT molecular complexity index is 112. The molecular weight excluding hydrogens is 182 g/mol. The van der Waals surface area contributed by atoms with Crippen molar-refractivity contribution < 1.29 is 4.74 Å². The van der Waals surface area contributed by atoms with E-state index >= 15 is 0 Å². The maximum Gasteiger partial charge on any atom is 0.195 e. The van der Waals surface area contributed by atoms with Crippen molar-refractivity contribution in [2.45, 2.75) is 12.8 Å². The predicted molar refractivity (Wildman–Crippen MR) is 42.8 cm³/mol. The molecule has 0 fully saturated rings. The van der Waals surface area contributed by atoms with Crippen LogP contribution in [-0.4, -0.2) is 13.0 Å². The normalized spacial score (nSPS) is 11.1. The van der Waals surface area contributed by atoms with Gasteiger partial charge in [-0.25, -0.2) is 0 Å². The van der Waals surface area contributed by atoms with Gasteiger partial charge in [-0.1, -0.05) is 6.08 Å². The van der Waals surface area contributed by atoms with E-state index in [4.69, 9.17) is 4.74 Å². The molecule has 0 amide bonds. The Labute approximate surface area is 64.0 Å². The highest BCUT2D eigenvalue weighted by molar-refractivity contribution is 9.08. The van der Waals surface area contributed by atoms with Gasteiger partial charge in [-0.05, 0) is 6.42 Å². The number of methoxy groups -OCH3 is 1. The molecule has 0 radical (unpaired) electrons. The maximum absolute atomic E-state index is 4.86. The van der Waals surface area contributed by atoms with Crippen LogP contribution in [0.1, 0.15) is 12.8 Å². The summed E-state index contributed by atoms with van der Waals surface area (Å²) in [5.74, 6) is 0.704. The molecule has 0 aromatic heterocycles. The summed E-state index contributed by atoms with van der Waals surface area (Å²) in [5, 5.41) is 0. The Morgan fingerprint density at radius 3 is 2.89 bits per heavy atom. The third kappa shape index (κ3) is 4.21. The van der Waals surface area contributed by atoms with E-state index in [1.54, 1.807) is 7.11 Å². The number of allylic oxidation sites excluding steroid dienone is 1. The van der Waals surface area contributed by atoms with Crippen molar-refractivity contribution >= 4 is 22.0 Å². The van der Waals surface area contributed by atoms with Gasteiger partial charge in [0.25, 0.3) is 0 Å². The third-order valence-electron chi connectivity index (χ3n) is 0.892. The Balaban J connectivity index is 3.44. The van der Waals surface area contributed by atoms with E-state index in [9.17, 15) is 0 Å². The molecule has 0 aliphatic rings. The first-order chi connectivity index (χ1) is 4.35. The van der Waals surface area contributed by atoms with Crippen LogP contribution in [0.2, 0.25) is 0 Å². The van der Waals surface area contributed by atoms with Crippen LogP contribution in [0.15, 0.2) is 16.7 Å². The van der Waals surface area contributed by atoms with E-state index in [-0.39, 0.29) is 0 Å². The lowest BCUT2D eigenvalue weighted by molar-refractivity contribution is 0.392. The lowest BCUT2D eigenvalue weighted by atomic mass is 10.3. The Morgan fingerprint density at radius 1 is 1.89 bits per heavy atom. The van der Waals surface area contributed by atoms with Gasteiger partial charge in [-0.3, -0.25) is 0 Å². The fourth-order valence-corrected chi connectivity index (χ4v) is 0.726. The third-order valence-corrected chi connectivity index (χ3v) is 1.29. The first-order valence-corrected chi connectivity index (χ1v) is 3.38. The van der Waals surface area contributed by atoms with Gasteiger partial charge in [0.15, 0.2) is 5.90 Å². The van der Waals surface area contributed by atoms with E-state index < -0.39 is 0 Å². The van der Waals surface area contributed by atoms with E-state index in [1.165, 1.54) is 0 Å². The number of hydrogen-bond donors (Lipinski definition) is 0. The minimum atomic E-state index is 0.704. The second-order valence-corrected chi connectivity index (χ2v) is 1.86. The van der Waals surface area contributed by atoms with Gasteiger partial charge in [0, 0.05) is 6.42 Å². The summed E-state index contributed by atoms with van der Waals surface area (Å²) in [7, 11) is 1.60. The number of halogens is 1. The lowest BCUT2D eigenvalue weighted by Crippen LogP contribution is -1.97. The van der Waals surface area contributed by atoms with Crippen LogP contribution in [-0.2, 0) is 4.74 Å². The van der Waals surface area contributed by atoms with Gasteiger partial charge in [-0.15, -0.1) is 6.58 Å². The summed E-state index contributed by atoms with van der Waals surface area (Å²) in [5.41, 5.74) is 0. The Kier molecular flexibility index (Phi) is 5.62. The van der Waals surface area contributed by atoms with Gasteiger partial charge < -0.3 is 4.74 Å². The molecule has 0 rings (SSSR count). The summed E-state index contributed by atoms with van der Waals surface area (Å²) in [4.78, 5) is 0. The topological polar surface area (TPSA) is 21.6 Å². The fourth-order valence-electron chi connectivity index (χ4n) is 0.404. The van der Waals surface area contributed by atoms with Gasteiger partial charge in [-0.2, -0.15) is 4.02 Å². The van der Waals surface area contributed by atoms with Gasteiger partial charge in [0.2, 0.25) is 0 Å². The van der Waals surface area contributed by atoms with E-state index in [2.05, 4.69) is 26.7 Å². The second kappa shape index (κ2) is 5.82. The monoisotopic (exact) mass is 191 g/mol. The van der Waals surface area contributed by atoms with E-state index in [1.807, 2.05) is 6.08 Å². The predicted octanol–water partition coefficient (Wildman–Crippen LogP) is 2.31. The largest absolute Gasteiger partial charge is 0.484 e. The molecular formula is C6H10BrNO. The quantitative estimate of drug-likeness (QED) is 0.382.